The Morgan fingerprint density at radius 2 is 2.16 bits per heavy atom. The van der Waals surface area contributed by atoms with Crippen molar-refractivity contribution in [2.45, 2.75) is 43.9 Å². The molecule has 0 amide bonds. The first kappa shape index (κ1) is 27.4. The van der Waals surface area contributed by atoms with Crippen LogP contribution < -0.4 is 15.3 Å². The van der Waals surface area contributed by atoms with Crippen LogP contribution in [0, 0.1) is 11.3 Å². The van der Waals surface area contributed by atoms with E-state index in [1.165, 1.54) is 42.0 Å². The van der Waals surface area contributed by atoms with Crippen molar-refractivity contribution >= 4 is 25.3 Å². The minimum absolute atomic E-state index is 0.0408. The summed E-state index contributed by atoms with van der Waals surface area (Å²) in [6.07, 6.45) is -2.95. The Bertz CT molecular complexity index is 1390. The van der Waals surface area contributed by atoms with Gasteiger partial charge in [0.25, 0.3) is 0 Å². The van der Waals surface area contributed by atoms with Crippen LogP contribution in [0.25, 0.3) is 5.65 Å². The lowest BCUT2D eigenvalue weighted by atomic mass is 9.91. The molecule has 6 atom stereocenters. The number of nitriles is 1. The van der Waals surface area contributed by atoms with Gasteiger partial charge in [0.15, 0.2) is 6.17 Å². The molecule has 1 fully saturated rings. The Morgan fingerprint density at radius 3 is 2.82 bits per heavy atom. The van der Waals surface area contributed by atoms with Gasteiger partial charge in [-0.05, 0) is 32.0 Å². The first-order chi connectivity index (χ1) is 18.1. The summed E-state index contributed by atoms with van der Waals surface area (Å²) in [5, 5.41) is 23.0. The van der Waals surface area contributed by atoms with Crippen LogP contribution in [0.15, 0.2) is 48.9 Å². The molecule has 3 aromatic rings. The molecule has 4 rings (SSSR count). The number of carbonyl (C=O) groups is 1. The maximum atomic E-state index is 15.5. The number of nitrogens with one attached hydrogen (secondary N) is 1. The van der Waals surface area contributed by atoms with Crippen LogP contribution in [-0.2, 0) is 29.0 Å². The lowest BCUT2D eigenvalue weighted by molar-refractivity contribution is -0.144. The van der Waals surface area contributed by atoms with Gasteiger partial charge in [0, 0.05) is 11.8 Å². The molecule has 0 bridgehead atoms. The zero-order valence-electron chi connectivity index (χ0n) is 20.4. The summed E-state index contributed by atoms with van der Waals surface area (Å²) < 4.78 is 52.1. The van der Waals surface area contributed by atoms with Gasteiger partial charge in [0.05, 0.1) is 13.2 Å². The third kappa shape index (κ3) is 5.33. The SMILES string of the molecule is CCOC(=O)[C@H](C)NP(=O)(OC[C@H]1O[C@@](C#N)(c2cc3ncnc(N)n3c2)[C@H](F)[C@@H]1O)Oc1ccccc1. The van der Waals surface area contributed by atoms with Crippen LogP contribution in [0.2, 0.25) is 0 Å². The molecule has 38 heavy (non-hydrogen) atoms. The van der Waals surface area contributed by atoms with Crippen molar-refractivity contribution in [2.75, 3.05) is 18.9 Å². The van der Waals surface area contributed by atoms with Crippen molar-refractivity contribution in [3.05, 3.63) is 54.5 Å². The Balaban J connectivity index is 1.57. The van der Waals surface area contributed by atoms with Crippen LogP contribution in [0.3, 0.4) is 0 Å². The second-order valence-corrected chi connectivity index (χ2v) is 10.1. The summed E-state index contributed by atoms with van der Waals surface area (Å²) >= 11 is 0. The predicted molar refractivity (Wildman–Crippen MR) is 130 cm³/mol. The number of halogens is 1. The molecule has 0 saturated carbocycles. The van der Waals surface area contributed by atoms with Crippen molar-refractivity contribution in [1.29, 1.82) is 5.26 Å². The molecule has 1 unspecified atom stereocenters. The molecule has 3 heterocycles. The van der Waals surface area contributed by atoms with E-state index < -0.39 is 50.3 Å². The van der Waals surface area contributed by atoms with E-state index >= 15 is 4.39 Å². The van der Waals surface area contributed by atoms with E-state index in [1.807, 2.05) is 0 Å². The molecule has 202 valence electrons. The normalized spacial score (nSPS) is 25.4. The smallest absolute Gasteiger partial charge is 0.459 e. The van der Waals surface area contributed by atoms with Crippen LogP contribution in [0.5, 0.6) is 5.75 Å². The molecule has 0 aliphatic carbocycles. The summed E-state index contributed by atoms with van der Waals surface area (Å²) in [5.74, 6) is -0.509. The van der Waals surface area contributed by atoms with Gasteiger partial charge in [0.1, 0.15) is 42.0 Å². The molecule has 1 saturated heterocycles. The van der Waals surface area contributed by atoms with Crippen LogP contribution in [0.1, 0.15) is 19.4 Å². The van der Waals surface area contributed by atoms with Crippen molar-refractivity contribution in [2.24, 2.45) is 0 Å². The van der Waals surface area contributed by atoms with Crippen molar-refractivity contribution in [3.63, 3.8) is 0 Å². The number of aliphatic hydroxyl groups is 1. The van der Waals surface area contributed by atoms with E-state index in [2.05, 4.69) is 15.1 Å². The highest BCUT2D eigenvalue weighted by molar-refractivity contribution is 7.52. The fraction of sp³-hybridized carbons (Fsp3) is 0.391. The largest absolute Gasteiger partial charge is 0.465 e. The van der Waals surface area contributed by atoms with E-state index in [4.69, 9.17) is 24.3 Å². The number of nitrogens with zero attached hydrogens (tertiary/aromatic N) is 4. The highest BCUT2D eigenvalue weighted by Gasteiger charge is 2.58. The first-order valence-corrected chi connectivity index (χ1v) is 13.1. The van der Waals surface area contributed by atoms with Crippen LogP contribution in [0.4, 0.5) is 10.3 Å². The van der Waals surface area contributed by atoms with Crippen molar-refractivity contribution < 1.29 is 37.4 Å². The summed E-state index contributed by atoms with van der Waals surface area (Å²) in [6, 6.07) is 10.1. The number of alkyl halides is 1. The fourth-order valence-electron chi connectivity index (χ4n) is 3.90. The van der Waals surface area contributed by atoms with E-state index in [0.717, 1.165) is 0 Å². The van der Waals surface area contributed by atoms with E-state index in [1.54, 1.807) is 31.2 Å². The number of fused-ring (bicyclic) bond motifs is 1. The number of ether oxygens (including phenoxy) is 2. The number of benzene rings is 1. The van der Waals surface area contributed by atoms with Crippen LogP contribution in [-0.4, -0.2) is 63.1 Å². The number of hydrogen-bond donors (Lipinski definition) is 3. The zero-order valence-corrected chi connectivity index (χ0v) is 21.3. The fourth-order valence-corrected chi connectivity index (χ4v) is 5.40. The van der Waals surface area contributed by atoms with Gasteiger partial charge in [-0.3, -0.25) is 13.7 Å². The lowest BCUT2D eigenvalue weighted by Crippen LogP contribution is -2.37. The minimum atomic E-state index is -4.31. The maximum absolute atomic E-state index is 15.5. The average molecular weight is 548 g/mol. The molecule has 1 aliphatic heterocycles. The first-order valence-electron chi connectivity index (χ1n) is 11.6. The molecule has 0 radical (unpaired) electrons. The molecule has 2 aromatic heterocycles. The lowest BCUT2D eigenvalue weighted by Gasteiger charge is -2.25. The molecule has 0 spiro atoms. The average Bonchev–Trinajstić information content (AvgIpc) is 3.44. The molecular weight excluding hydrogens is 522 g/mol. The Morgan fingerprint density at radius 1 is 1.42 bits per heavy atom. The number of carbonyl (C=O) groups excluding carboxylic acids is 1. The van der Waals surface area contributed by atoms with Gasteiger partial charge < -0.3 is 24.8 Å². The Labute approximate surface area is 216 Å². The van der Waals surface area contributed by atoms with E-state index in [0.29, 0.717) is 0 Å². The van der Waals surface area contributed by atoms with E-state index in [-0.39, 0.29) is 29.5 Å². The second kappa shape index (κ2) is 11.0. The summed E-state index contributed by atoms with van der Waals surface area (Å²) in [5.41, 5.74) is 3.90. The highest BCUT2D eigenvalue weighted by atomic mass is 31.2. The van der Waals surface area contributed by atoms with Gasteiger partial charge in [-0.15, -0.1) is 0 Å². The minimum Gasteiger partial charge on any atom is -0.465 e. The Kier molecular flexibility index (Phi) is 7.96. The molecule has 4 N–H and O–H groups in total. The number of anilines is 1. The molecule has 1 aromatic carbocycles. The van der Waals surface area contributed by atoms with Gasteiger partial charge in [0.2, 0.25) is 11.5 Å². The van der Waals surface area contributed by atoms with Gasteiger partial charge in [-0.25, -0.2) is 18.9 Å². The molecule has 1 aliphatic rings. The standard InChI is InChI=1S/C23H26FN6O7P/c1-3-34-21(32)14(2)29-38(33,37-16-7-5-4-6-8-16)35-11-17-19(31)20(24)23(12-25,36-17)15-9-18-27-13-28-22(26)30(18)10-15/h4-10,13-14,17,19-20,31H,3,11H2,1-2H3,(H,29,33)(H2,26,27,28)/t14-,17+,19+,20+,23-,38?/m0/s1. The van der Waals surface area contributed by atoms with Crippen molar-refractivity contribution in [1.82, 2.24) is 19.5 Å². The van der Waals surface area contributed by atoms with Crippen molar-refractivity contribution in [3.8, 4) is 11.8 Å². The molecule has 13 nitrogen and oxygen atoms in total. The summed E-state index contributed by atoms with van der Waals surface area (Å²) in [4.78, 5) is 20.0. The number of aromatic nitrogens is 3. The van der Waals surface area contributed by atoms with E-state index in [9.17, 15) is 19.7 Å². The van der Waals surface area contributed by atoms with Gasteiger partial charge >= 0.3 is 13.7 Å². The number of aliphatic hydroxyl groups excluding tert-OH is 1. The summed E-state index contributed by atoms with van der Waals surface area (Å²) in [7, 11) is -4.31. The second-order valence-electron chi connectivity index (χ2n) is 8.39. The number of rotatable bonds is 10. The third-order valence-electron chi connectivity index (χ3n) is 5.80. The highest BCUT2D eigenvalue weighted by Crippen LogP contribution is 2.47. The number of nitrogen functional groups attached to an aromatic ring is 1. The van der Waals surface area contributed by atoms with Gasteiger partial charge in [-0.1, -0.05) is 18.2 Å². The van der Waals surface area contributed by atoms with Crippen LogP contribution >= 0.6 is 7.75 Å². The number of esters is 1. The number of nitrogens with two attached hydrogens (primary N) is 1. The predicted octanol–water partition coefficient (Wildman–Crippen LogP) is 1.87. The third-order valence-corrected chi connectivity index (χ3v) is 7.44. The maximum Gasteiger partial charge on any atom is 0.459 e. The molecule has 15 heteroatoms. The topological polar surface area (TPSA) is 183 Å². The monoisotopic (exact) mass is 548 g/mol. The molecular formula is C23H26FN6O7P. The number of hydrogen-bond acceptors (Lipinski definition) is 11. The zero-order chi connectivity index (χ0) is 27.5. The quantitative estimate of drug-likeness (QED) is 0.247. The number of para-hydroxylation sites is 1. The summed E-state index contributed by atoms with van der Waals surface area (Å²) in [6.45, 7) is 2.45. The van der Waals surface area contributed by atoms with Gasteiger partial charge in [-0.2, -0.15) is 10.3 Å². The Hall–Kier alpha value is -3.60.